The molecule has 9 nitrogen and oxygen atoms in total. The summed E-state index contributed by atoms with van der Waals surface area (Å²) in [4.78, 5) is 20.5. The van der Waals surface area contributed by atoms with Crippen molar-refractivity contribution < 1.29 is 35.4 Å². The summed E-state index contributed by atoms with van der Waals surface area (Å²) >= 11 is 0. The quantitative estimate of drug-likeness (QED) is 0.219. The molecule has 5 rings (SSSR count). The number of aryl methyl sites for hydroxylation is 1. The molecule has 0 bridgehead atoms. The van der Waals surface area contributed by atoms with E-state index in [1.165, 1.54) is 32.0 Å². The standard InChI is InChI=1S/C25H20N2O7/c1-8-6-11-7-14(28)24(33)16(18(11)26-8)12-4-5-13(23(32)22(12)31)19-25(34)15-9(2)20(29)21(30)10(3)17(15)27-19/h4-7,26,28-33H,1-3H3. The van der Waals surface area contributed by atoms with Crippen molar-refractivity contribution in [3.8, 4) is 45.6 Å². The van der Waals surface area contributed by atoms with Crippen LogP contribution in [0.15, 0.2) is 29.3 Å². The van der Waals surface area contributed by atoms with Crippen molar-refractivity contribution in [3.63, 3.8) is 0 Å². The number of H-pyrrole nitrogens is 1. The zero-order chi connectivity index (χ0) is 24.6. The van der Waals surface area contributed by atoms with Gasteiger partial charge in [0.15, 0.2) is 34.5 Å². The van der Waals surface area contributed by atoms with E-state index in [2.05, 4.69) is 9.98 Å². The Balaban J connectivity index is 1.71. The van der Waals surface area contributed by atoms with E-state index in [4.69, 9.17) is 0 Å². The van der Waals surface area contributed by atoms with Gasteiger partial charge in [0, 0.05) is 33.3 Å². The van der Waals surface area contributed by atoms with Gasteiger partial charge in [-0.1, -0.05) is 0 Å². The fourth-order valence-corrected chi connectivity index (χ4v) is 4.46. The summed E-state index contributed by atoms with van der Waals surface area (Å²) in [6, 6.07) is 5.88. The molecule has 0 aliphatic carbocycles. The molecule has 0 saturated heterocycles. The lowest BCUT2D eigenvalue weighted by Gasteiger charge is -2.13. The van der Waals surface area contributed by atoms with E-state index in [0.717, 1.165) is 5.69 Å². The van der Waals surface area contributed by atoms with E-state index in [1.54, 1.807) is 13.0 Å². The van der Waals surface area contributed by atoms with Gasteiger partial charge in [-0.2, -0.15) is 0 Å². The van der Waals surface area contributed by atoms with Gasteiger partial charge in [-0.15, -0.1) is 0 Å². The molecule has 0 fully saturated rings. The van der Waals surface area contributed by atoms with Crippen molar-refractivity contribution in [2.24, 2.45) is 4.99 Å². The second-order valence-electron chi connectivity index (χ2n) is 8.35. The monoisotopic (exact) mass is 460 g/mol. The molecule has 7 N–H and O–H groups in total. The van der Waals surface area contributed by atoms with E-state index in [0.29, 0.717) is 10.9 Å². The van der Waals surface area contributed by atoms with Crippen LogP contribution >= 0.6 is 0 Å². The number of fused-ring (bicyclic) bond motifs is 2. The molecule has 34 heavy (non-hydrogen) atoms. The summed E-state index contributed by atoms with van der Waals surface area (Å²) in [6.45, 7) is 4.76. The topological polar surface area (TPSA) is 167 Å². The molecule has 3 aromatic carbocycles. The highest BCUT2D eigenvalue weighted by Crippen LogP contribution is 2.50. The van der Waals surface area contributed by atoms with Crippen LogP contribution < -0.4 is 0 Å². The molecule has 2 heterocycles. The molecule has 9 heteroatoms. The first-order valence-corrected chi connectivity index (χ1v) is 10.3. The average Bonchev–Trinajstić information content (AvgIpc) is 3.33. The zero-order valence-corrected chi connectivity index (χ0v) is 18.3. The highest BCUT2D eigenvalue weighted by molar-refractivity contribution is 6.56. The molecule has 0 spiro atoms. The minimum atomic E-state index is -0.652. The number of hydrogen-bond donors (Lipinski definition) is 7. The number of aromatic nitrogens is 1. The fourth-order valence-electron chi connectivity index (χ4n) is 4.46. The van der Waals surface area contributed by atoms with Crippen LogP contribution in [0.1, 0.15) is 32.7 Å². The Kier molecular flexibility index (Phi) is 4.31. The van der Waals surface area contributed by atoms with Crippen LogP contribution in [0, 0.1) is 20.8 Å². The molecule has 0 atom stereocenters. The van der Waals surface area contributed by atoms with Gasteiger partial charge in [0.05, 0.1) is 22.3 Å². The summed E-state index contributed by atoms with van der Waals surface area (Å²) < 4.78 is 0. The Morgan fingerprint density at radius 1 is 0.735 bits per heavy atom. The second kappa shape index (κ2) is 6.92. The van der Waals surface area contributed by atoms with Gasteiger partial charge < -0.3 is 35.6 Å². The number of aromatic hydroxyl groups is 6. The minimum Gasteiger partial charge on any atom is -0.504 e. The smallest absolute Gasteiger partial charge is 0.214 e. The summed E-state index contributed by atoms with van der Waals surface area (Å²) in [6.07, 6.45) is 0. The number of Topliss-reactive ketones (excluding diaryl/α,β-unsaturated/α-hetero) is 1. The third-order valence-corrected chi connectivity index (χ3v) is 6.25. The number of nitrogens with zero attached hydrogens (tertiary/aromatic N) is 1. The number of benzene rings is 3. The van der Waals surface area contributed by atoms with Crippen LogP contribution in [-0.2, 0) is 0 Å². The number of ketones is 1. The number of rotatable bonds is 2. The summed E-state index contributed by atoms with van der Waals surface area (Å²) in [5, 5.41) is 63.3. The highest BCUT2D eigenvalue weighted by Gasteiger charge is 2.34. The van der Waals surface area contributed by atoms with Crippen LogP contribution in [0.3, 0.4) is 0 Å². The first-order chi connectivity index (χ1) is 16.0. The van der Waals surface area contributed by atoms with E-state index >= 15 is 0 Å². The summed E-state index contributed by atoms with van der Waals surface area (Å²) in [5.41, 5.74) is 1.67. The number of aromatic amines is 1. The van der Waals surface area contributed by atoms with Gasteiger partial charge >= 0.3 is 0 Å². The number of carbonyl (C=O) groups excluding carboxylic acids is 1. The molecular formula is C25H20N2O7. The molecule has 1 aliphatic heterocycles. The minimum absolute atomic E-state index is 0.0210. The summed E-state index contributed by atoms with van der Waals surface area (Å²) in [5.74, 6) is -3.57. The Hall–Kier alpha value is -4.66. The first-order valence-electron chi connectivity index (χ1n) is 10.3. The number of aliphatic imine (C=N–C) groups is 1. The van der Waals surface area contributed by atoms with Crippen LogP contribution in [0.5, 0.6) is 34.5 Å². The lowest BCUT2D eigenvalue weighted by Crippen LogP contribution is -2.12. The number of hydrogen-bond acceptors (Lipinski definition) is 8. The SMILES string of the molecule is Cc1cc2cc(O)c(O)c(-c3ccc(C4=Nc5c(C)c(O)c(O)c(C)c5C4=O)c(O)c3O)c2[nH]1. The van der Waals surface area contributed by atoms with Gasteiger partial charge in [0.25, 0.3) is 0 Å². The van der Waals surface area contributed by atoms with Crippen LogP contribution in [0.4, 0.5) is 5.69 Å². The van der Waals surface area contributed by atoms with Crippen molar-refractivity contribution in [2.75, 3.05) is 0 Å². The third-order valence-electron chi connectivity index (χ3n) is 6.25. The van der Waals surface area contributed by atoms with Crippen molar-refractivity contribution in [3.05, 3.63) is 52.2 Å². The molecular weight excluding hydrogens is 440 g/mol. The maximum Gasteiger partial charge on any atom is 0.214 e. The maximum atomic E-state index is 13.1. The van der Waals surface area contributed by atoms with E-state index < -0.39 is 34.5 Å². The van der Waals surface area contributed by atoms with Gasteiger partial charge in [0.1, 0.15) is 5.71 Å². The molecule has 0 amide bonds. The van der Waals surface area contributed by atoms with E-state index in [1.807, 2.05) is 0 Å². The lowest BCUT2D eigenvalue weighted by molar-refractivity contribution is 0.106. The van der Waals surface area contributed by atoms with E-state index in [9.17, 15) is 35.4 Å². The number of phenolic OH excluding ortho intramolecular Hbond substituents is 6. The fraction of sp³-hybridized carbons (Fsp3) is 0.120. The Morgan fingerprint density at radius 3 is 2.06 bits per heavy atom. The third kappa shape index (κ3) is 2.67. The lowest BCUT2D eigenvalue weighted by atomic mass is 9.93. The Morgan fingerprint density at radius 2 is 1.35 bits per heavy atom. The van der Waals surface area contributed by atoms with Crippen LogP contribution in [-0.4, -0.2) is 47.1 Å². The number of carbonyl (C=O) groups is 1. The van der Waals surface area contributed by atoms with Crippen molar-refractivity contribution >= 4 is 28.1 Å². The van der Waals surface area contributed by atoms with E-state index in [-0.39, 0.29) is 50.5 Å². The molecule has 4 aromatic rings. The molecule has 1 aliphatic rings. The van der Waals surface area contributed by atoms with Crippen LogP contribution in [0.25, 0.3) is 22.0 Å². The predicted molar refractivity (Wildman–Crippen MR) is 125 cm³/mol. The van der Waals surface area contributed by atoms with Gasteiger partial charge in [-0.05, 0) is 45.0 Å². The number of phenols is 6. The van der Waals surface area contributed by atoms with Crippen molar-refractivity contribution in [1.29, 1.82) is 0 Å². The molecule has 172 valence electrons. The van der Waals surface area contributed by atoms with Crippen molar-refractivity contribution in [1.82, 2.24) is 4.98 Å². The molecule has 0 saturated carbocycles. The molecule has 1 aromatic heterocycles. The molecule has 0 radical (unpaired) electrons. The largest absolute Gasteiger partial charge is 0.504 e. The van der Waals surface area contributed by atoms with Gasteiger partial charge in [-0.3, -0.25) is 4.79 Å². The normalized spacial score (nSPS) is 12.9. The first kappa shape index (κ1) is 21.2. The summed E-state index contributed by atoms with van der Waals surface area (Å²) in [7, 11) is 0. The highest BCUT2D eigenvalue weighted by atomic mass is 16.3. The zero-order valence-electron chi connectivity index (χ0n) is 18.3. The van der Waals surface area contributed by atoms with Gasteiger partial charge in [0.2, 0.25) is 5.78 Å². The Bertz CT molecular complexity index is 1610. The molecule has 0 unspecified atom stereocenters. The maximum absolute atomic E-state index is 13.1. The van der Waals surface area contributed by atoms with Gasteiger partial charge in [-0.25, -0.2) is 4.99 Å². The number of nitrogens with one attached hydrogen (secondary N) is 1. The van der Waals surface area contributed by atoms with Crippen LogP contribution in [0.2, 0.25) is 0 Å². The second-order valence-corrected chi connectivity index (χ2v) is 8.35. The average molecular weight is 460 g/mol. The Labute approximate surface area is 192 Å². The van der Waals surface area contributed by atoms with Crippen molar-refractivity contribution in [2.45, 2.75) is 20.8 Å². The predicted octanol–water partition coefficient (Wildman–Crippen LogP) is 4.31.